The summed E-state index contributed by atoms with van der Waals surface area (Å²) in [5, 5.41) is 11.7. The van der Waals surface area contributed by atoms with Crippen LogP contribution in [0, 0.1) is 11.6 Å². The van der Waals surface area contributed by atoms with Gasteiger partial charge in [-0.3, -0.25) is 4.79 Å². The van der Waals surface area contributed by atoms with Crippen LogP contribution in [0.25, 0.3) is 0 Å². The van der Waals surface area contributed by atoms with Crippen molar-refractivity contribution in [3.8, 4) is 0 Å². The molecule has 4 nitrogen and oxygen atoms in total. The van der Waals surface area contributed by atoms with Gasteiger partial charge in [-0.1, -0.05) is 40.2 Å². The largest absolute Gasteiger partial charge is 0.480 e. The second-order valence-corrected chi connectivity index (χ2v) is 6.03. The molecule has 0 aliphatic rings. The summed E-state index contributed by atoms with van der Waals surface area (Å²) in [5.74, 6) is -3.82. The molecule has 2 aromatic carbocycles. The standard InChI is InChI=1S/C17H14BrF2NO3/c18-12-4-2-1-3-11(12)9-15(17(23)24)21-16(22)8-10-5-6-13(19)14(20)7-10/h1-7,15H,8-9H2,(H,21,22)(H,23,24)/t15-/m1/s1. The highest BCUT2D eigenvalue weighted by Crippen LogP contribution is 2.17. The highest BCUT2D eigenvalue weighted by molar-refractivity contribution is 9.10. The van der Waals surface area contributed by atoms with Crippen LogP contribution in [-0.4, -0.2) is 23.0 Å². The minimum atomic E-state index is -1.18. The summed E-state index contributed by atoms with van der Waals surface area (Å²) in [7, 11) is 0. The van der Waals surface area contributed by atoms with E-state index in [4.69, 9.17) is 0 Å². The molecule has 0 spiro atoms. The van der Waals surface area contributed by atoms with Crippen molar-refractivity contribution in [3.05, 3.63) is 69.7 Å². The predicted molar refractivity (Wildman–Crippen MR) is 87.5 cm³/mol. The van der Waals surface area contributed by atoms with Gasteiger partial charge in [-0.25, -0.2) is 13.6 Å². The zero-order valence-corrected chi connectivity index (χ0v) is 14.0. The quantitative estimate of drug-likeness (QED) is 0.786. The Morgan fingerprint density at radius 2 is 1.83 bits per heavy atom. The van der Waals surface area contributed by atoms with Gasteiger partial charge in [0.1, 0.15) is 6.04 Å². The molecule has 7 heteroatoms. The van der Waals surface area contributed by atoms with Crippen LogP contribution in [0.1, 0.15) is 11.1 Å². The summed E-state index contributed by atoms with van der Waals surface area (Å²) >= 11 is 3.33. The molecule has 0 radical (unpaired) electrons. The maximum absolute atomic E-state index is 13.1. The fourth-order valence-electron chi connectivity index (χ4n) is 2.16. The van der Waals surface area contributed by atoms with Gasteiger partial charge in [-0.15, -0.1) is 0 Å². The molecule has 1 amide bonds. The zero-order chi connectivity index (χ0) is 17.7. The summed E-state index contributed by atoms with van der Waals surface area (Å²) in [5.41, 5.74) is 0.995. The Labute approximate surface area is 145 Å². The van der Waals surface area contributed by atoms with Crippen molar-refractivity contribution < 1.29 is 23.5 Å². The summed E-state index contributed by atoms with van der Waals surface area (Å²) in [4.78, 5) is 23.4. The van der Waals surface area contributed by atoms with Crippen LogP contribution in [0.5, 0.6) is 0 Å². The molecule has 0 saturated carbocycles. The van der Waals surface area contributed by atoms with Crippen molar-refractivity contribution in [2.45, 2.75) is 18.9 Å². The lowest BCUT2D eigenvalue weighted by Gasteiger charge is -2.15. The van der Waals surface area contributed by atoms with Crippen molar-refractivity contribution in [2.75, 3.05) is 0 Å². The van der Waals surface area contributed by atoms with Gasteiger partial charge >= 0.3 is 5.97 Å². The summed E-state index contributed by atoms with van der Waals surface area (Å²) < 4.78 is 26.8. The van der Waals surface area contributed by atoms with E-state index in [-0.39, 0.29) is 18.4 Å². The van der Waals surface area contributed by atoms with Crippen molar-refractivity contribution in [1.82, 2.24) is 5.32 Å². The lowest BCUT2D eigenvalue weighted by atomic mass is 10.1. The van der Waals surface area contributed by atoms with E-state index in [9.17, 15) is 23.5 Å². The molecule has 2 aromatic rings. The molecule has 0 heterocycles. The minimum Gasteiger partial charge on any atom is -0.480 e. The minimum absolute atomic E-state index is 0.0975. The Balaban J connectivity index is 2.04. The van der Waals surface area contributed by atoms with E-state index < -0.39 is 29.6 Å². The molecule has 24 heavy (non-hydrogen) atoms. The van der Waals surface area contributed by atoms with Crippen LogP contribution in [0.4, 0.5) is 8.78 Å². The van der Waals surface area contributed by atoms with Crippen LogP contribution in [0.15, 0.2) is 46.9 Å². The maximum atomic E-state index is 13.1. The van der Waals surface area contributed by atoms with Crippen LogP contribution in [0.2, 0.25) is 0 Å². The van der Waals surface area contributed by atoms with E-state index in [1.54, 1.807) is 24.3 Å². The van der Waals surface area contributed by atoms with Crippen molar-refractivity contribution in [3.63, 3.8) is 0 Å². The number of amides is 1. The predicted octanol–water partition coefficient (Wildman–Crippen LogP) is 3.08. The van der Waals surface area contributed by atoms with Crippen LogP contribution >= 0.6 is 15.9 Å². The molecule has 0 fully saturated rings. The molecule has 126 valence electrons. The van der Waals surface area contributed by atoms with E-state index in [1.807, 2.05) is 0 Å². The third-order valence-corrected chi connectivity index (χ3v) is 4.14. The molecule has 0 bridgehead atoms. The average molecular weight is 398 g/mol. The second kappa shape index (κ2) is 8.01. The van der Waals surface area contributed by atoms with E-state index in [1.165, 1.54) is 6.07 Å². The molecule has 2 rings (SSSR count). The molecular formula is C17H14BrF2NO3. The molecule has 1 atom stereocenters. The Morgan fingerprint density at radius 3 is 2.46 bits per heavy atom. The Bertz CT molecular complexity index is 767. The van der Waals surface area contributed by atoms with Gasteiger partial charge in [0.25, 0.3) is 0 Å². The first-order valence-corrected chi connectivity index (χ1v) is 7.85. The maximum Gasteiger partial charge on any atom is 0.326 e. The Hall–Kier alpha value is -2.28. The molecule has 0 aromatic heterocycles. The summed E-state index contributed by atoms with van der Waals surface area (Å²) in [6, 6.07) is 9.08. The van der Waals surface area contributed by atoms with Crippen LogP contribution in [-0.2, 0) is 22.4 Å². The molecule has 0 aliphatic heterocycles. The first-order valence-electron chi connectivity index (χ1n) is 7.06. The fourth-order valence-corrected chi connectivity index (χ4v) is 2.61. The highest BCUT2D eigenvalue weighted by atomic mass is 79.9. The fraction of sp³-hybridized carbons (Fsp3) is 0.176. The SMILES string of the molecule is O=C(Cc1ccc(F)c(F)c1)N[C@H](Cc1ccccc1Br)C(=O)O. The number of nitrogens with one attached hydrogen (secondary N) is 1. The highest BCUT2D eigenvalue weighted by Gasteiger charge is 2.21. The van der Waals surface area contributed by atoms with E-state index in [0.29, 0.717) is 0 Å². The molecule has 0 saturated heterocycles. The zero-order valence-electron chi connectivity index (χ0n) is 12.4. The number of carbonyl (C=O) groups excluding carboxylic acids is 1. The van der Waals surface area contributed by atoms with Crippen molar-refractivity contribution >= 4 is 27.8 Å². The number of carbonyl (C=O) groups is 2. The number of halogens is 3. The number of hydrogen-bond donors (Lipinski definition) is 2. The number of rotatable bonds is 6. The first kappa shape index (κ1) is 18.1. The van der Waals surface area contributed by atoms with Gasteiger partial charge in [-0.05, 0) is 29.3 Å². The Morgan fingerprint density at radius 1 is 1.12 bits per heavy atom. The first-order chi connectivity index (χ1) is 11.4. The van der Waals surface area contributed by atoms with Gasteiger partial charge in [-0.2, -0.15) is 0 Å². The summed E-state index contributed by atoms with van der Waals surface area (Å²) in [6.07, 6.45) is -0.142. The molecular weight excluding hydrogens is 384 g/mol. The van der Waals surface area contributed by atoms with Crippen molar-refractivity contribution in [2.24, 2.45) is 0 Å². The van der Waals surface area contributed by atoms with Crippen LogP contribution < -0.4 is 5.32 Å². The molecule has 2 N–H and O–H groups in total. The lowest BCUT2D eigenvalue weighted by molar-refractivity contribution is -0.141. The topological polar surface area (TPSA) is 66.4 Å². The molecule has 0 aliphatic carbocycles. The monoisotopic (exact) mass is 397 g/mol. The Kier molecular flexibility index (Phi) is 6.03. The molecule has 0 unspecified atom stereocenters. The number of hydrogen-bond acceptors (Lipinski definition) is 2. The third-order valence-electron chi connectivity index (χ3n) is 3.36. The lowest BCUT2D eigenvalue weighted by Crippen LogP contribution is -2.43. The van der Waals surface area contributed by atoms with Gasteiger partial charge in [0.15, 0.2) is 11.6 Å². The number of aliphatic carboxylic acids is 1. The van der Waals surface area contributed by atoms with E-state index >= 15 is 0 Å². The van der Waals surface area contributed by atoms with Gasteiger partial charge in [0.05, 0.1) is 6.42 Å². The normalized spacial score (nSPS) is 11.8. The van der Waals surface area contributed by atoms with Gasteiger partial charge in [0.2, 0.25) is 5.91 Å². The van der Waals surface area contributed by atoms with E-state index in [2.05, 4.69) is 21.2 Å². The van der Waals surface area contributed by atoms with E-state index in [0.717, 1.165) is 22.2 Å². The van der Waals surface area contributed by atoms with Crippen molar-refractivity contribution in [1.29, 1.82) is 0 Å². The smallest absolute Gasteiger partial charge is 0.326 e. The summed E-state index contributed by atoms with van der Waals surface area (Å²) in [6.45, 7) is 0. The average Bonchev–Trinajstić information content (AvgIpc) is 2.52. The number of carboxylic acid groups (broad SMARTS) is 1. The second-order valence-electron chi connectivity index (χ2n) is 5.18. The van der Waals surface area contributed by atoms with Gasteiger partial charge in [0, 0.05) is 10.9 Å². The number of benzene rings is 2. The van der Waals surface area contributed by atoms with Crippen LogP contribution in [0.3, 0.4) is 0 Å². The number of carboxylic acids is 1. The van der Waals surface area contributed by atoms with Gasteiger partial charge < -0.3 is 10.4 Å². The third kappa shape index (κ3) is 4.86.